The van der Waals surface area contributed by atoms with E-state index >= 15 is 0 Å². The van der Waals surface area contributed by atoms with Gasteiger partial charge in [0.05, 0.1) is 12.6 Å². The van der Waals surface area contributed by atoms with E-state index < -0.39 is 0 Å². The van der Waals surface area contributed by atoms with Gasteiger partial charge in [0.1, 0.15) is 0 Å². The molecule has 0 aliphatic carbocycles. The molecule has 3 aromatic carbocycles. The van der Waals surface area contributed by atoms with E-state index in [4.69, 9.17) is 4.74 Å². The van der Waals surface area contributed by atoms with Gasteiger partial charge in [0, 0.05) is 13.7 Å². The highest BCUT2D eigenvalue weighted by Gasteiger charge is 2.16. The fraction of sp³-hybridized carbons (Fsp3) is 0.174. The number of ether oxygens (including phenoxy) is 1. The zero-order valence-electron chi connectivity index (χ0n) is 15.4. The van der Waals surface area contributed by atoms with Crippen LogP contribution in [0.4, 0.5) is 4.79 Å². The van der Waals surface area contributed by atoms with Gasteiger partial charge in [0.2, 0.25) is 0 Å². The van der Waals surface area contributed by atoms with Crippen molar-refractivity contribution in [2.75, 3.05) is 7.11 Å². The van der Waals surface area contributed by atoms with Gasteiger partial charge in [0.15, 0.2) is 0 Å². The van der Waals surface area contributed by atoms with E-state index in [9.17, 15) is 4.79 Å². The predicted molar refractivity (Wildman–Crippen MR) is 107 cm³/mol. The van der Waals surface area contributed by atoms with E-state index in [-0.39, 0.29) is 12.1 Å². The van der Waals surface area contributed by atoms with Crippen LogP contribution in [0.25, 0.3) is 0 Å². The minimum Gasteiger partial charge on any atom is -0.380 e. The minimum absolute atomic E-state index is 0.202. The third-order valence-electron chi connectivity index (χ3n) is 4.30. The van der Waals surface area contributed by atoms with Gasteiger partial charge in [0.25, 0.3) is 0 Å². The van der Waals surface area contributed by atoms with E-state index in [0.717, 1.165) is 22.3 Å². The van der Waals surface area contributed by atoms with Crippen LogP contribution in [0.1, 0.15) is 28.3 Å². The van der Waals surface area contributed by atoms with E-state index in [0.29, 0.717) is 13.2 Å². The van der Waals surface area contributed by atoms with E-state index in [1.807, 2.05) is 84.9 Å². The van der Waals surface area contributed by atoms with Crippen molar-refractivity contribution in [1.29, 1.82) is 0 Å². The van der Waals surface area contributed by atoms with Crippen molar-refractivity contribution >= 4 is 6.03 Å². The highest BCUT2D eigenvalue weighted by atomic mass is 16.5. The first-order valence-corrected chi connectivity index (χ1v) is 8.97. The van der Waals surface area contributed by atoms with Gasteiger partial charge in [-0.25, -0.2) is 4.79 Å². The molecule has 0 aliphatic heterocycles. The average Bonchev–Trinajstić information content (AvgIpc) is 2.72. The zero-order chi connectivity index (χ0) is 18.9. The molecule has 27 heavy (non-hydrogen) atoms. The molecule has 4 heteroatoms. The lowest BCUT2D eigenvalue weighted by molar-refractivity contribution is 0.185. The van der Waals surface area contributed by atoms with E-state index in [1.54, 1.807) is 7.11 Å². The lowest BCUT2D eigenvalue weighted by Gasteiger charge is -2.20. The molecule has 0 saturated carbocycles. The summed E-state index contributed by atoms with van der Waals surface area (Å²) >= 11 is 0. The Hall–Kier alpha value is -3.11. The summed E-state index contributed by atoms with van der Waals surface area (Å²) in [7, 11) is 1.67. The largest absolute Gasteiger partial charge is 0.380 e. The fourth-order valence-corrected chi connectivity index (χ4v) is 3.01. The molecule has 0 atom stereocenters. The fourth-order valence-electron chi connectivity index (χ4n) is 3.01. The Balaban J connectivity index is 1.67. The number of hydrogen-bond donors (Lipinski definition) is 2. The van der Waals surface area contributed by atoms with Gasteiger partial charge in [-0.05, 0) is 22.3 Å². The van der Waals surface area contributed by atoms with Crippen LogP contribution in [0, 0.1) is 0 Å². The van der Waals surface area contributed by atoms with Crippen LogP contribution < -0.4 is 10.6 Å². The van der Waals surface area contributed by atoms with Crippen LogP contribution in [-0.2, 0) is 17.9 Å². The normalized spacial score (nSPS) is 10.6. The zero-order valence-corrected chi connectivity index (χ0v) is 15.4. The summed E-state index contributed by atoms with van der Waals surface area (Å²) < 4.78 is 5.16. The highest BCUT2D eigenvalue weighted by molar-refractivity contribution is 5.75. The molecular formula is C23H24N2O2. The van der Waals surface area contributed by atoms with Crippen molar-refractivity contribution in [2.45, 2.75) is 19.2 Å². The molecule has 0 aromatic heterocycles. The molecular weight excluding hydrogens is 336 g/mol. The van der Waals surface area contributed by atoms with Gasteiger partial charge < -0.3 is 15.4 Å². The summed E-state index contributed by atoms with van der Waals surface area (Å²) in [6.45, 7) is 1.02. The molecule has 0 bridgehead atoms. The molecule has 2 N–H and O–H groups in total. The summed E-state index contributed by atoms with van der Waals surface area (Å²) in [5.41, 5.74) is 4.21. The third kappa shape index (κ3) is 5.43. The van der Waals surface area contributed by atoms with Crippen LogP contribution in [0.15, 0.2) is 84.9 Å². The van der Waals surface area contributed by atoms with Crippen molar-refractivity contribution in [3.8, 4) is 0 Å². The van der Waals surface area contributed by atoms with Crippen molar-refractivity contribution in [3.63, 3.8) is 0 Å². The van der Waals surface area contributed by atoms with Crippen molar-refractivity contribution in [2.24, 2.45) is 0 Å². The molecule has 3 aromatic rings. The topological polar surface area (TPSA) is 50.4 Å². The molecule has 2 amide bonds. The van der Waals surface area contributed by atoms with Crippen molar-refractivity contribution in [3.05, 3.63) is 107 Å². The average molecular weight is 360 g/mol. The maximum atomic E-state index is 12.5. The molecule has 138 valence electrons. The number of benzene rings is 3. The number of rotatable bonds is 7. The predicted octanol–water partition coefficient (Wildman–Crippen LogP) is 4.42. The van der Waals surface area contributed by atoms with Gasteiger partial charge in [-0.2, -0.15) is 0 Å². The molecule has 0 fully saturated rings. The maximum Gasteiger partial charge on any atom is 0.315 e. The molecule has 0 radical (unpaired) electrons. The van der Waals surface area contributed by atoms with Gasteiger partial charge >= 0.3 is 6.03 Å². The second-order valence-electron chi connectivity index (χ2n) is 6.33. The Bertz CT molecular complexity index is 811. The van der Waals surface area contributed by atoms with E-state index in [2.05, 4.69) is 10.6 Å². The summed E-state index contributed by atoms with van der Waals surface area (Å²) in [6, 6.07) is 27.5. The second kappa shape index (κ2) is 9.55. The Morgan fingerprint density at radius 2 is 1.44 bits per heavy atom. The lowest BCUT2D eigenvalue weighted by Crippen LogP contribution is -2.38. The number of nitrogens with one attached hydrogen (secondary N) is 2. The monoisotopic (exact) mass is 360 g/mol. The standard InChI is InChI=1S/C23H24N2O2/c1-27-17-19-10-8-9-18(15-19)16-24-23(26)25-22(20-11-4-2-5-12-20)21-13-6-3-7-14-21/h2-15,22H,16-17H2,1H3,(H2,24,25,26). The van der Waals surface area contributed by atoms with E-state index in [1.165, 1.54) is 0 Å². The molecule has 3 rings (SSSR count). The Kier molecular flexibility index (Phi) is 6.61. The first-order chi connectivity index (χ1) is 13.3. The van der Waals surface area contributed by atoms with Crippen LogP contribution >= 0.6 is 0 Å². The SMILES string of the molecule is COCc1cccc(CNC(=O)NC(c2ccccc2)c2ccccc2)c1. The molecule has 0 aliphatic rings. The quantitative estimate of drug-likeness (QED) is 0.655. The van der Waals surface area contributed by atoms with Crippen LogP contribution in [-0.4, -0.2) is 13.1 Å². The third-order valence-corrected chi connectivity index (χ3v) is 4.30. The molecule has 0 spiro atoms. The summed E-state index contributed by atoms with van der Waals surface area (Å²) in [6.07, 6.45) is 0. The first-order valence-electron chi connectivity index (χ1n) is 8.97. The smallest absolute Gasteiger partial charge is 0.315 e. The Morgan fingerprint density at radius 3 is 2.04 bits per heavy atom. The number of amides is 2. The summed E-state index contributed by atoms with van der Waals surface area (Å²) in [4.78, 5) is 12.5. The number of urea groups is 1. The second-order valence-corrected chi connectivity index (χ2v) is 6.33. The van der Waals surface area contributed by atoms with Crippen molar-refractivity contribution < 1.29 is 9.53 Å². The van der Waals surface area contributed by atoms with Crippen LogP contribution in [0.3, 0.4) is 0 Å². The highest BCUT2D eigenvalue weighted by Crippen LogP contribution is 2.21. The summed E-state index contributed by atoms with van der Waals surface area (Å²) in [5, 5.41) is 6.03. The van der Waals surface area contributed by atoms with Crippen molar-refractivity contribution in [1.82, 2.24) is 10.6 Å². The molecule has 4 nitrogen and oxygen atoms in total. The number of carbonyl (C=O) groups excluding carboxylic acids is 1. The van der Waals surface area contributed by atoms with Crippen LogP contribution in [0.5, 0.6) is 0 Å². The molecule has 0 heterocycles. The Morgan fingerprint density at radius 1 is 0.852 bits per heavy atom. The number of methoxy groups -OCH3 is 1. The minimum atomic E-state index is -0.204. The maximum absolute atomic E-state index is 12.5. The summed E-state index contributed by atoms with van der Waals surface area (Å²) in [5.74, 6) is 0. The van der Waals surface area contributed by atoms with Gasteiger partial charge in [-0.1, -0.05) is 84.9 Å². The lowest BCUT2D eigenvalue weighted by atomic mass is 9.99. The number of hydrogen-bond acceptors (Lipinski definition) is 2. The number of carbonyl (C=O) groups is 1. The van der Waals surface area contributed by atoms with Crippen LogP contribution in [0.2, 0.25) is 0 Å². The Labute approximate surface area is 160 Å². The van der Waals surface area contributed by atoms with Gasteiger partial charge in [-0.3, -0.25) is 0 Å². The first kappa shape index (κ1) is 18.7. The molecule has 0 unspecified atom stereocenters. The van der Waals surface area contributed by atoms with Gasteiger partial charge in [-0.15, -0.1) is 0 Å². The molecule has 0 saturated heterocycles.